The van der Waals surface area contributed by atoms with Crippen LogP contribution in [0.25, 0.3) is 0 Å². The topological polar surface area (TPSA) is 49.7 Å². The summed E-state index contributed by atoms with van der Waals surface area (Å²) in [6.45, 7) is 0.0778. The van der Waals surface area contributed by atoms with Crippen molar-refractivity contribution in [2.75, 3.05) is 6.61 Å². The quantitative estimate of drug-likeness (QED) is 0.897. The van der Waals surface area contributed by atoms with Crippen molar-refractivity contribution in [3.63, 3.8) is 0 Å². The summed E-state index contributed by atoms with van der Waals surface area (Å²) >= 11 is 7.08. The van der Waals surface area contributed by atoms with Gasteiger partial charge in [-0.25, -0.2) is 0 Å². The van der Waals surface area contributed by atoms with Crippen LogP contribution in [-0.2, 0) is 0 Å². The van der Waals surface area contributed by atoms with E-state index in [9.17, 15) is 10.2 Å². The number of hydrogen-bond donors (Lipinski definition) is 2. The molecule has 90 valence electrons. The highest BCUT2D eigenvalue weighted by Gasteiger charge is 2.12. The molecule has 0 aliphatic heterocycles. The van der Waals surface area contributed by atoms with Crippen LogP contribution >= 0.6 is 22.9 Å². The molecule has 3 nitrogen and oxygen atoms in total. The Morgan fingerprint density at radius 3 is 2.65 bits per heavy atom. The molecule has 2 rings (SSSR count). The molecule has 1 aromatic carbocycles. The number of aromatic hydroxyl groups is 1. The highest BCUT2D eigenvalue weighted by Crippen LogP contribution is 2.29. The number of para-hydroxylation sites is 2. The van der Waals surface area contributed by atoms with Crippen molar-refractivity contribution in [3.8, 4) is 11.5 Å². The Bertz CT molecular complexity index is 498. The highest BCUT2D eigenvalue weighted by atomic mass is 35.5. The minimum absolute atomic E-state index is 0.0592. The second-order valence-electron chi connectivity index (χ2n) is 3.44. The van der Waals surface area contributed by atoms with Gasteiger partial charge in [-0.1, -0.05) is 23.7 Å². The monoisotopic (exact) mass is 270 g/mol. The van der Waals surface area contributed by atoms with E-state index in [1.54, 1.807) is 30.3 Å². The van der Waals surface area contributed by atoms with Gasteiger partial charge in [0.25, 0.3) is 0 Å². The Kier molecular flexibility index (Phi) is 3.89. The first-order valence-electron chi connectivity index (χ1n) is 5.01. The van der Waals surface area contributed by atoms with Crippen LogP contribution in [-0.4, -0.2) is 16.8 Å². The Balaban J connectivity index is 1.97. The van der Waals surface area contributed by atoms with Crippen LogP contribution in [0.3, 0.4) is 0 Å². The maximum absolute atomic E-state index is 9.83. The van der Waals surface area contributed by atoms with E-state index in [0.717, 1.165) is 4.88 Å². The Hall–Kier alpha value is -1.23. The van der Waals surface area contributed by atoms with Crippen LogP contribution in [0.15, 0.2) is 36.4 Å². The van der Waals surface area contributed by atoms with Crippen LogP contribution < -0.4 is 4.74 Å². The van der Waals surface area contributed by atoms with E-state index in [0.29, 0.717) is 10.1 Å². The highest BCUT2D eigenvalue weighted by molar-refractivity contribution is 7.16. The first-order valence-corrected chi connectivity index (χ1v) is 6.20. The number of benzene rings is 1. The molecule has 5 heteroatoms. The van der Waals surface area contributed by atoms with Crippen LogP contribution in [0.2, 0.25) is 4.34 Å². The fourth-order valence-electron chi connectivity index (χ4n) is 1.34. The van der Waals surface area contributed by atoms with Gasteiger partial charge in [0, 0.05) is 4.88 Å². The summed E-state index contributed by atoms with van der Waals surface area (Å²) in [5, 5.41) is 19.3. The van der Waals surface area contributed by atoms with Gasteiger partial charge >= 0.3 is 0 Å². The molecule has 0 bridgehead atoms. The van der Waals surface area contributed by atoms with Crippen molar-refractivity contribution < 1.29 is 14.9 Å². The number of aliphatic hydroxyl groups is 1. The molecule has 1 atom stereocenters. The smallest absolute Gasteiger partial charge is 0.161 e. The Morgan fingerprint density at radius 1 is 1.24 bits per heavy atom. The third-order valence-corrected chi connectivity index (χ3v) is 3.52. The standard InChI is InChI=1S/C12H11ClO3S/c13-12-6-5-11(17-12)9(15)7-16-10-4-2-1-3-8(10)14/h1-6,9,14-15H,7H2. The molecule has 0 saturated carbocycles. The Morgan fingerprint density at radius 2 is 2.00 bits per heavy atom. The zero-order valence-corrected chi connectivity index (χ0v) is 10.4. The van der Waals surface area contributed by atoms with Crippen molar-refractivity contribution >= 4 is 22.9 Å². The van der Waals surface area contributed by atoms with Gasteiger partial charge in [-0.2, -0.15) is 0 Å². The van der Waals surface area contributed by atoms with E-state index in [1.807, 2.05) is 0 Å². The largest absolute Gasteiger partial charge is 0.504 e. The summed E-state index contributed by atoms with van der Waals surface area (Å²) in [5.74, 6) is 0.415. The van der Waals surface area contributed by atoms with Crippen molar-refractivity contribution in [2.45, 2.75) is 6.10 Å². The fourth-order valence-corrected chi connectivity index (χ4v) is 2.37. The van der Waals surface area contributed by atoms with Crippen molar-refractivity contribution in [1.29, 1.82) is 0 Å². The number of halogens is 1. The molecule has 0 aliphatic carbocycles. The molecule has 0 aliphatic rings. The third kappa shape index (κ3) is 3.12. The molecule has 17 heavy (non-hydrogen) atoms. The summed E-state index contributed by atoms with van der Waals surface area (Å²) in [6.07, 6.45) is -0.743. The van der Waals surface area contributed by atoms with E-state index in [1.165, 1.54) is 17.4 Å². The van der Waals surface area contributed by atoms with Gasteiger partial charge < -0.3 is 14.9 Å². The number of phenolic OH excluding ortho intramolecular Hbond substituents is 1. The number of thiophene rings is 1. The second-order valence-corrected chi connectivity index (χ2v) is 5.18. The molecule has 0 amide bonds. The lowest BCUT2D eigenvalue weighted by Crippen LogP contribution is -2.08. The van der Waals surface area contributed by atoms with Crippen LogP contribution in [0, 0.1) is 0 Å². The Labute approximate surface area is 108 Å². The molecule has 1 aromatic heterocycles. The van der Waals surface area contributed by atoms with Gasteiger partial charge in [0.2, 0.25) is 0 Å². The normalized spacial score (nSPS) is 12.4. The number of aliphatic hydroxyl groups excluding tert-OH is 1. The second kappa shape index (κ2) is 5.40. The molecule has 2 N–H and O–H groups in total. The van der Waals surface area contributed by atoms with E-state index in [-0.39, 0.29) is 12.4 Å². The predicted molar refractivity (Wildman–Crippen MR) is 67.9 cm³/mol. The molecule has 0 radical (unpaired) electrons. The summed E-state index contributed by atoms with van der Waals surface area (Å²) in [4.78, 5) is 0.741. The summed E-state index contributed by atoms with van der Waals surface area (Å²) in [5.41, 5.74) is 0. The number of ether oxygens (including phenoxy) is 1. The van der Waals surface area contributed by atoms with Crippen molar-refractivity contribution in [2.24, 2.45) is 0 Å². The zero-order valence-electron chi connectivity index (χ0n) is 8.84. The summed E-state index contributed by atoms with van der Waals surface area (Å²) in [6, 6.07) is 10.1. The molecular formula is C12H11ClO3S. The average molecular weight is 271 g/mol. The fraction of sp³-hybridized carbons (Fsp3) is 0.167. The van der Waals surface area contributed by atoms with Gasteiger partial charge in [-0.05, 0) is 24.3 Å². The van der Waals surface area contributed by atoms with Gasteiger partial charge in [0.15, 0.2) is 11.5 Å². The lowest BCUT2D eigenvalue weighted by Gasteiger charge is -2.11. The predicted octanol–water partition coefficient (Wildman–Crippen LogP) is 3.22. The minimum Gasteiger partial charge on any atom is -0.504 e. The van der Waals surface area contributed by atoms with E-state index in [4.69, 9.17) is 16.3 Å². The maximum Gasteiger partial charge on any atom is 0.161 e. The maximum atomic E-state index is 9.83. The number of rotatable bonds is 4. The van der Waals surface area contributed by atoms with E-state index >= 15 is 0 Å². The van der Waals surface area contributed by atoms with Crippen molar-refractivity contribution in [1.82, 2.24) is 0 Å². The number of hydrogen-bond acceptors (Lipinski definition) is 4. The molecule has 0 spiro atoms. The lowest BCUT2D eigenvalue weighted by atomic mass is 10.3. The van der Waals surface area contributed by atoms with E-state index in [2.05, 4.69) is 0 Å². The van der Waals surface area contributed by atoms with Gasteiger partial charge in [0.1, 0.15) is 12.7 Å². The lowest BCUT2D eigenvalue weighted by molar-refractivity contribution is 0.109. The van der Waals surface area contributed by atoms with Gasteiger partial charge in [-0.15, -0.1) is 11.3 Å². The first-order chi connectivity index (χ1) is 8.16. The van der Waals surface area contributed by atoms with Gasteiger partial charge in [-0.3, -0.25) is 0 Å². The molecule has 1 heterocycles. The van der Waals surface area contributed by atoms with Crippen molar-refractivity contribution in [3.05, 3.63) is 45.6 Å². The molecule has 0 fully saturated rings. The molecule has 1 unspecified atom stereocenters. The van der Waals surface area contributed by atoms with Gasteiger partial charge in [0.05, 0.1) is 4.34 Å². The molecular weight excluding hydrogens is 260 g/mol. The zero-order chi connectivity index (χ0) is 12.3. The average Bonchev–Trinajstić information content (AvgIpc) is 2.74. The van der Waals surface area contributed by atoms with Crippen LogP contribution in [0.1, 0.15) is 11.0 Å². The van der Waals surface area contributed by atoms with Crippen LogP contribution in [0.5, 0.6) is 11.5 Å². The van der Waals surface area contributed by atoms with E-state index < -0.39 is 6.10 Å². The molecule has 0 saturated heterocycles. The summed E-state index contributed by atoms with van der Waals surface area (Å²) < 4.78 is 5.95. The first kappa shape index (κ1) is 12.2. The SMILES string of the molecule is Oc1ccccc1OCC(O)c1ccc(Cl)s1. The number of phenols is 1. The third-order valence-electron chi connectivity index (χ3n) is 2.18. The summed E-state index contributed by atoms with van der Waals surface area (Å²) in [7, 11) is 0. The molecule has 2 aromatic rings. The van der Waals surface area contributed by atoms with Crippen LogP contribution in [0.4, 0.5) is 0 Å². The minimum atomic E-state index is -0.743.